The molecular weight excluding hydrogens is 562 g/mol. The number of hydrogen-bond donors (Lipinski definition) is 2. The van der Waals surface area contributed by atoms with Crippen molar-refractivity contribution < 1.29 is 23.6 Å². The fourth-order valence-electron chi connectivity index (χ4n) is 4.29. The molecule has 220 valence electrons. The first kappa shape index (κ1) is 30.5. The first-order valence-electron chi connectivity index (χ1n) is 13.1. The summed E-state index contributed by atoms with van der Waals surface area (Å²) in [5, 5.41) is 9.77. The highest BCUT2D eigenvalue weighted by Gasteiger charge is 2.26. The fourth-order valence-corrected chi connectivity index (χ4v) is 4.46. The predicted molar refractivity (Wildman–Crippen MR) is 159 cm³/mol. The van der Waals surface area contributed by atoms with Gasteiger partial charge in [0, 0.05) is 48.4 Å². The Hall–Kier alpha value is -4.48. The van der Waals surface area contributed by atoms with E-state index < -0.39 is 23.1 Å². The largest absolute Gasteiger partial charge is 0.495 e. The van der Waals surface area contributed by atoms with E-state index in [-0.39, 0.29) is 24.6 Å². The van der Waals surface area contributed by atoms with Gasteiger partial charge >= 0.3 is 0 Å². The van der Waals surface area contributed by atoms with Crippen LogP contribution in [0.4, 0.5) is 5.69 Å². The van der Waals surface area contributed by atoms with E-state index in [0.717, 1.165) is 0 Å². The minimum atomic E-state index is -0.962. The molecule has 12 heteroatoms. The zero-order chi connectivity index (χ0) is 30.4. The van der Waals surface area contributed by atoms with Crippen LogP contribution in [-0.4, -0.2) is 52.9 Å². The highest BCUT2D eigenvalue weighted by Crippen LogP contribution is 2.38. The summed E-state index contributed by atoms with van der Waals surface area (Å²) in [7, 11) is 2.98. The van der Waals surface area contributed by atoms with E-state index in [4.69, 9.17) is 25.6 Å². The van der Waals surface area contributed by atoms with Crippen molar-refractivity contribution in [2.24, 2.45) is 0 Å². The maximum Gasteiger partial charge on any atom is 0.269 e. The molecule has 0 spiro atoms. The standard InChI is InChI=1S/C30H32ClN5O6/c1-30(2,3)41-12-11-25(29(39)34-19-7-9-24(33-16-19)28(38)32-4)36-17-26(40-5)22(15-27(36)37)21-14-18(31)6-8-20(21)23-10-13-42-35-23/h6-10,13-17,25H,11-12H2,1-5H3,(H,32,38)(H,34,39). The first-order valence-corrected chi connectivity index (χ1v) is 13.5. The summed E-state index contributed by atoms with van der Waals surface area (Å²) in [4.78, 5) is 43.2. The van der Waals surface area contributed by atoms with Crippen molar-refractivity contribution in [1.82, 2.24) is 20.0 Å². The molecule has 2 N–H and O–H groups in total. The van der Waals surface area contributed by atoms with Crippen molar-refractivity contribution in [2.75, 3.05) is 26.1 Å². The number of pyridine rings is 2. The number of benzene rings is 1. The lowest BCUT2D eigenvalue weighted by Crippen LogP contribution is -2.34. The third kappa shape index (κ3) is 7.23. The Labute approximate surface area is 247 Å². The van der Waals surface area contributed by atoms with Crippen molar-refractivity contribution >= 4 is 29.1 Å². The quantitative estimate of drug-likeness (QED) is 0.263. The Kier molecular flexibility index (Phi) is 9.44. The van der Waals surface area contributed by atoms with Crippen LogP contribution < -0.4 is 20.9 Å². The van der Waals surface area contributed by atoms with E-state index in [1.807, 2.05) is 20.8 Å². The van der Waals surface area contributed by atoms with Crippen LogP contribution in [0, 0.1) is 0 Å². The second-order valence-electron chi connectivity index (χ2n) is 10.3. The lowest BCUT2D eigenvalue weighted by molar-refractivity contribution is -0.120. The van der Waals surface area contributed by atoms with Crippen LogP contribution in [0.1, 0.15) is 43.7 Å². The van der Waals surface area contributed by atoms with Crippen LogP contribution in [0.15, 0.2) is 70.4 Å². The lowest BCUT2D eigenvalue weighted by Gasteiger charge is -2.24. The summed E-state index contributed by atoms with van der Waals surface area (Å²) in [5.41, 5.74) is 1.99. The van der Waals surface area contributed by atoms with E-state index in [0.29, 0.717) is 38.8 Å². The number of aromatic nitrogens is 3. The van der Waals surface area contributed by atoms with Gasteiger partial charge in [-0.3, -0.25) is 19.0 Å². The third-order valence-corrected chi connectivity index (χ3v) is 6.54. The molecule has 0 saturated heterocycles. The molecule has 0 aliphatic rings. The van der Waals surface area contributed by atoms with E-state index in [1.165, 1.54) is 49.5 Å². The fraction of sp³-hybridized carbons (Fsp3) is 0.300. The van der Waals surface area contributed by atoms with Gasteiger partial charge in [-0.2, -0.15) is 0 Å². The molecule has 2 amide bonds. The number of methoxy groups -OCH3 is 1. The Morgan fingerprint density at radius 3 is 2.50 bits per heavy atom. The molecule has 11 nitrogen and oxygen atoms in total. The monoisotopic (exact) mass is 593 g/mol. The van der Waals surface area contributed by atoms with Crippen LogP contribution in [0.3, 0.4) is 0 Å². The maximum atomic E-state index is 13.6. The van der Waals surface area contributed by atoms with E-state index in [1.54, 1.807) is 30.3 Å². The number of ether oxygens (including phenoxy) is 2. The number of amides is 2. The highest BCUT2D eigenvalue weighted by atomic mass is 35.5. The molecule has 4 rings (SSSR count). The van der Waals surface area contributed by atoms with Gasteiger partial charge in [-0.25, -0.2) is 4.98 Å². The van der Waals surface area contributed by atoms with Gasteiger partial charge in [0.1, 0.15) is 29.4 Å². The molecule has 0 saturated carbocycles. The summed E-state index contributed by atoms with van der Waals surface area (Å²) in [5.74, 6) is -0.479. The van der Waals surface area contributed by atoms with Crippen LogP contribution in [0.25, 0.3) is 22.4 Å². The SMILES string of the molecule is CNC(=O)c1ccc(NC(=O)C(CCOC(C)(C)C)n2cc(OC)c(-c3cc(Cl)ccc3-c3ccon3)cc2=O)cn1. The van der Waals surface area contributed by atoms with Gasteiger partial charge < -0.3 is 24.6 Å². The van der Waals surface area contributed by atoms with Gasteiger partial charge in [0.25, 0.3) is 11.5 Å². The molecule has 0 radical (unpaired) electrons. The van der Waals surface area contributed by atoms with Crippen LogP contribution in [0.5, 0.6) is 5.75 Å². The van der Waals surface area contributed by atoms with Gasteiger partial charge in [-0.1, -0.05) is 22.8 Å². The molecule has 0 bridgehead atoms. The zero-order valence-corrected chi connectivity index (χ0v) is 24.7. The van der Waals surface area contributed by atoms with Crippen molar-refractivity contribution in [3.8, 4) is 28.1 Å². The van der Waals surface area contributed by atoms with Gasteiger partial charge in [0.05, 0.1) is 30.8 Å². The number of carbonyl (C=O) groups is 2. The van der Waals surface area contributed by atoms with Gasteiger partial charge in [-0.05, 0) is 50.6 Å². The minimum absolute atomic E-state index is 0.191. The molecule has 42 heavy (non-hydrogen) atoms. The molecule has 1 atom stereocenters. The van der Waals surface area contributed by atoms with Crippen LogP contribution in [0.2, 0.25) is 5.02 Å². The van der Waals surface area contributed by atoms with Crippen LogP contribution >= 0.6 is 11.6 Å². The lowest BCUT2D eigenvalue weighted by atomic mass is 9.97. The Bertz CT molecular complexity index is 1610. The Balaban J connectivity index is 1.73. The van der Waals surface area contributed by atoms with Crippen molar-refractivity contribution in [1.29, 1.82) is 0 Å². The van der Waals surface area contributed by atoms with Gasteiger partial charge in [0.2, 0.25) is 5.91 Å². The number of hydrogen-bond acceptors (Lipinski definition) is 8. The second-order valence-corrected chi connectivity index (χ2v) is 10.8. The van der Waals surface area contributed by atoms with Crippen molar-refractivity contribution in [3.05, 3.63) is 82.2 Å². The molecular formula is C30H32ClN5O6. The summed E-state index contributed by atoms with van der Waals surface area (Å²) in [6, 6.07) is 10.4. The van der Waals surface area contributed by atoms with Crippen LogP contribution in [-0.2, 0) is 9.53 Å². The molecule has 0 aliphatic heterocycles. The molecule has 1 unspecified atom stereocenters. The number of carbonyl (C=O) groups excluding carboxylic acids is 2. The second kappa shape index (κ2) is 13.0. The smallest absolute Gasteiger partial charge is 0.269 e. The van der Waals surface area contributed by atoms with Crippen molar-refractivity contribution in [3.63, 3.8) is 0 Å². The third-order valence-electron chi connectivity index (χ3n) is 6.31. The molecule has 4 aromatic rings. The van der Waals surface area contributed by atoms with E-state index in [2.05, 4.69) is 20.8 Å². The number of anilines is 1. The molecule has 1 aromatic carbocycles. The highest BCUT2D eigenvalue weighted by molar-refractivity contribution is 6.31. The predicted octanol–water partition coefficient (Wildman–Crippen LogP) is 4.97. The molecule has 3 aromatic heterocycles. The maximum absolute atomic E-state index is 13.6. The number of rotatable bonds is 10. The summed E-state index contributed by atoms with van der Waals surface area (Å²) < 4.78 is 17.9. The summed E-state index contributed by atoms with van der Waals surface area (Å²) in [6.07, 6.45) is 4.52. The van der Waals surface area contributed by atoms with Crippen molar-refractivity contribution in [2.45, 2.75) is 38.8 Å². The minimum Gasteiger partial charge on any atom is -0.495 e. The summed E-state index contributed by atoms with van der Waals surface area (Å²) in [6.45, 7) is 5.92. The van der Waals surface area contributed by atoms with E-state index in [9.17, 15) is 14.4 Å². The van der Waals surface area contributed by atoms with Gasteiger partial charge in [-0.15, -0.1) is 0 Å². The van der Waals surface area contributed by atoms with E-state index >= 15 is 0 Å². The summed E-state index contributed by atoms with van der Waals surface area (Å²) >= 11 is 6.33. The number of halogens is 1. The number of nitrogens with zero attached hydrogens (tertiary/aromatic N) is 3. The first-order chi connectivity index (χ1) is 20.0. The average Bonchev–Trinajstić information content (AvgIpc) is 3.50. The normalized spacial score (nSPS) is 12.0. The molecule has 0 aliphatic carbocycles. The Morgan fingerprint density at radius 1 is 1.10 bits per heavy atom. The van der Waals surface area contributed by atoms with Gasteiger partial charge in [0.15, 0.2) is 0 Å². The average molecular weight is 594 g/mol. The Morgan fingerprint density at radius 2 is 1.88 bits per heavy atom. The molecule has 0 fully saturated rings. The molecule has 3 heterocycles. The zero-order valence-electron chi connectivity index (χ0n) is 23.9. The topological polar surface area (TPSA) is 138 Å². The number of nitrogens with one attached hydrogen (secondary N) is 2.